The zero-order valence-electron chi connectivity index (χ0n) is 8.80. The zero-order chi connectivity index (χ0) is 11.2. The van der Waals surface area contributed by atoms with Crippen molar-refractivity contribution in [3.63, 3.8) is 0 Å². The second-order valence-electron chi connectivity index (χ2n) is 4.35. The molecule has 88 valence electrons. The van der Waals surface area contributed by atoms with Crippen LogP contribution in [0.4, 0.5) is 0 Å². The van der Waals surface area contributed by atoms with Crippen LogP contribution in [0.2, 0.25) is 0 Å². The number of sulfonamides is 1. The van der Waals surface area contributed by atoms with Crippen LogP contribution in [-0.2, 0) is 10.0 Å². The summed E-state index contributed by atoms with van der Waals surface area (Å²) in [4.78, 5) is 0.449. The predicted molar refractivity (Wildman–Crippen MR) is 63.0 cm³/mol. The fourth-order valence-electron chi connectivity index (χ4n) is 2.64. The third-order valence-corrected chi connectivity index (χ3v) is 6.25. The Morgan fingerprint density at radius 3 is 3.06 bits per heavy atom. The molecule has 2 atom stereocenters. The van der Waals surface area contributed by atoms with Crippen molar-refractivity contribution in [2.45, 2.75) is 17.4 Å². The van der Waals surface area contributed by atoms with Crippen molar-refractivity contribution < 1.29 is 8.42 Å². The molecule has 0 aromatic carbocycles. The molecule has 2 aliphatic heterocycles. The Hall–Kier alpha value is -0.430. The molecule has 0 spiro atoms. The van der Waals surface area contributed by atoms with Gasteiger partial charge < -0.3 is 5.32 Å². The molecule has 2 fully saturated rings. The lowest BCUT2D eigenvalue weighted by Gasteiger charge is -2.22. The highest BCUT2D eigenvalue weighted by molar-refractivity contribution is 7.89. The lowest BCUT2D eigenvalue weighted by atomic mass is 10.1. The average Bonchev–Trinajstić information content (AvgIpc) is 2.95. The summed E-state index contributed by atoms with van der Waals surface area (Å²) in [6, 6.07) is 1.86. The summed E-state index contributed by atoms with van der Waals surface area (Å²) >= 11 is 1.43. The lowest BCUT2D eigenvalue weighted by molar-refractivity contribution is 0.383. The Kier molecular flexibility index (Phi) is 2.54. The van der Waals surface area contributed by atoms with Crippen LogP contribution in [0.15, 0.2) is 21.7 Å². The van der Waals surface area contributed by atoms with E-state index in [-0.39, 0.29) is 6.04 Å². The highest BCUT2D eigenvalue weighted by Crippen LogP contribution is 2.32. The summed E-state index contributed by atoms with van der Waals surface area (Å²) in [7, 11) is -3.25. The van der Waals surface area contributed by atoms with Gasteiger partial charge in [0.05, 0.1) is 4.90 Å². The van der Waals surface area contributed by atoms with Crippen molar-refractivity contribution in [2.75, 3.05) is 19.6 Å². The van der Waals surface area contributed by atoms with Crippen molar-refractivity contribution in [1.82, 2.24) is 9.62 Å². The van der Waals surface area contributed by atoms with E-state index in [1.807, 2.05) is 5.38 Å². The first-order valence-electron chi connectivity index (χ1n) is 5.44. The molecule has 0 aliphatic carbocycles. The molecule has 1 N–H and O–H groups in total. The van der Waals surface area contributed by atoms with E-state index in [0.717, 1.165) is 19.5 Å². The maximum Gasteiger partial charge on any atom is 0.244 e. The molecule has 2 aliphatic rings. The average molecular weight is 258 g/mol. The van der Waals surface area contributed by atoms with Gasteiger partial charge in [-0.15, -0.1) is 0 Å². The fraction of sp³-hybridized carbons (Fsp3) is 0.600. The van der Waals surface area contributed by atoms with E-state index in [1.165, 1.54) is 11.3 Å². The van der Waals surface area contributed by atoms with E-state index in [1.54, 1.807) is 15.8 Å². The summed E-state index contributed by atoms with van der Waals surface area (Å²) in [5, 5.41) is 6.79. The lowest BCUT2D eigenvalue weighted by Crippen LogP contribution is -2.38. The molecule has 4 nitrogen and oxygen atoms in total. The number of hydrogen-bond donors (Lipinski definition) is 1. The van der Waals surface area contributed by atoms with Crippen molar-refractivity contribution >= 4 is 21.4 Å². The highest BCUT2D eigenvalue weighted by Gasteiger charge is 2.43. The second-order valence-corrected chi connectivity index (χ2v) is 7.02. The van der Waals surface area contributed by atoms with Gasteiger partial charge in [-0.3, -0.25) is 0 Å². The number of nitrogens with one attached hydrogen (secondary N) is 1. The van der Waals surface area contributed by atoms with Gasteiger partial charge in [0.25, 0.3) is 0 Å². The smallest absolute Gasteiger partial charge is 0.244 e. The van der Waals surface area contributed by atoms with Gasteiger partial charge in [0, 0.05) is 24.5 Å². The Morgan fingerprint density at radius 2 is 2.31 bits per heavy atom. The summed E-state index contributed by atoms with van der Waals surface area (Å²) in [5.41, 5.74) is 0. The number of thiophene rings is 1. The standard InChI is InChI=1S/C10H14N2O2S2/c13-16(14,9-2-4-15-7-9)12-3-1-8-5-11-6-10(8)12/h2,4,7-8,10-11H,1,3,5-6H2/t8-,10+/m1/s1. The van der Waals surface area contributed by atoms with Crippen LogP contribution in [0.1, 0.15) is 6.42 Å². The first-order valence-corrected chi connectivity index (χ1v) is 7.82. The minimum absolute atomic E-state index is 0.171. The van der Waals surface area contributed by atoms with Gasteiger partial charge in [0.15, 0.2) is 0 Å². The fourth-order valence-corrected chi connectivity index (χ4v) is 5.36. The Labute approximate surface area is 99.3 Å². The second kappa shape index (κ2) is 3.80. The molecule has 0 saturated carbocycles. The topological polar surface area (TPSA) is 49.4 Å². The number of hydrogen-bond acceptors (Lipinski definition) is 4. The van der Waals surface area contributed by atoms with E-state index < -0.39 is 10.0 Å². The van der Waals surface area contributed by atoms with Crippen LogP contribution in [0.3, 0.4) is 0 Å². The minimum atomic E-state index is -3.25. The molecule has 3 rings (SSSR count). The molecular weight excluding hydrogens is 244 g/mol. The molecule has 1 aromatic rings. The molecule has 2 saturated heterocycles. The zero-order valence-corrected chi connectivity index (χ0v) is 10.4. The summed E-state index contributed by atoms with van der Waals surface area (Å²) in [6.07, 6.45) is 0.987. The molecule has 0 bridgehead atoms. The summed E-state index contributed by atoms with van der Waals surface area (Å²) < 4.78 is 26.4. The van der Waals surface area contributed by atoms with Crippen molar-refractivity contribution in [2.24, 2.45) is 5.92 Å². The number of rotatable bonds is 2. The highest BCUT2D eigenvalue weighted by atomic mass is 32.2. The third kappa shape index (κ3) is 1.52. The predicted octanol–water partition coefficient (Wildman–Crippen LogP) is 0.731. The SMILES string of the molecule is O=S(=O)(c1ccsc1)N1CC[C@@H]2CNC[C@@H]21. The normalized spacial score (nSPS) is 30.8. The van der Waals surface area contributed by atoms with Crippen molar-refractivity contribution in [3.05, 3.63) is 16.8 Å². The third-order valence-electron chi connectivity index (χ3n) is 3.50. The Bertz CT molecular complexity index is 469. The largest absolute Gasteiger partial charge is 0.315 e. The van der Waals surface area contributed by atoms with E-state index in [0.29, 0.717) is 17.4 Å². The molecule has 0 unspecified atom stereocenters. The van der Waals surface area contributed by atoms with Crippen LogP contribution in [-0.4, -0.2) is 38.4 Å². The maximum absolute atomic E-state index is 12.3. The first kappa shape index (κ1) is 10.7. The van der Waals surface area contributed by atoms with E-state index in [2.05, 4.69) is 5.32 Å². The number of nitrogens with zero attached hydrogens (tertiary/aromatic N) is 1. The molecule has 3 heterocycles. The van der Waals surface area contributed by atoms with Gasteiger partial charge in [-0.25, -0.2) is 8.42 Å². The quantitative estimate of drug-likeness (QED) is 0.851. The Balaban J connectivity index is 1.93. The van der Waals surface area contributed by atoms with E-state index >= 15 is 0 Å². The van der Waals surface area contributed by atoms with Crippen LogP contribution in [0, 0.1) is 5.92 Å². The van der Waals surface area contributed by atoms with Crippen LogP contribution >= 0.6 is 11.3 Å². The van der Waals surface area contributed by atoms with Crippen LogP contribution in [0.5, 0.6) is 0 Å². The minimum Gasteiger partial charge on any atom is -0.315 e. The van der Waals surface area contributed by atoms with Gasteiger partial charge >= 0.3 is 0 Å². The van der Waals surface area contributed by atoms with Crippen LogP contribution in [0.25, 0.3) is 0 Å². The monoisotopic (exact) mass is 258 g/mol. The maximum atomic E-state index is 12.3. The summed E-state index contributed by atoms with van der Waals surface area (Å²) in [6.45, 7) is 2.43. The van der Waals surface area contributed by atoms with Crippen molar-refractivity contribution in [3.8, 4) is 0 Å². The molecular formula is C10H14N2O2S2. The van der Waals surface area contributed by atoms with Gasteiger partial charge in [-0.2, -0.15) is 15.6 Å². The first-order chi connectivity index (χ1) is 7.69. The molecule has 16 heavy (non-hydrogen) atoms. The van der Waals surface area contributed by atoms with E-state index in [4.69, 9.17) is 0 Å². The van der Waals surface area contributed by atoms with Gasteiger partial charge in [0.2, 0.25) is 10.0 Å². The molecule has 1 aromatic heterocycles. The molecule has 6 heteroatoms. The Morgan fingerprint density at radius 1 is 1.44 bits per heavy atom. The van der Waals surface area contributed by atoms with Crippen LogP contribution < -0.4 is 5.32 Å². The van der Waals surface area contributed by atoms with Crippen molar-refractivity contribution in [1.29, 1.82) is 0 Å². The van der Waals surface area contributed by atoms with Gasteiger partial charge in [-0.1, -0.05) is 0 Å². The summed E-state index contributed by atoms with van der Waals surface area (Å²) in [5.74, 6) is 0.508. The number of fused-ring (bicyclic) bond motifs is 1. The molecule has 0 radical (unpaired) electrons. The van der Waals surface area contributed by atoms with Gasteiger partial charge in [-0.05, 0) is 30.3 Å². The molecule has 0 amide bonds. The van der Waals surface area contributed by atoms with Gasteiger partial charge in [0.1, 0.15) is 0 Å². The van der Waals surface area contributed by atoms with E-state index in [9.17, 15) is 8.42 Å².